The van der Waals surface area contributed by atoms with Gasteiger partial charge in [-0.3, -0.25) is 4.79 Å². The molecule has 0 bridgehead atoms. The molecule has 6 nitrogen and oxygen atoms in total. The van der Waals surface area contributed by atoms with Crippen LogP contribution < -0.4 is 14.8 Å². The van der Waals surface area contributed by atoms with Crippen molar-refractivity contribution in [3.05, 3.63) is 88.5 Å². The Morgan fingerprint density at radius 1 is 0.909 bits per heavy atom. The minimum absolute atomic E-state index is 0.00133. The molecule has 0 aliphatic rings. The summed E-state index contributed by atoms with van der Waals surface area (Å²) in [5, 5.41) is 2.94. The van der Waals surface area contributed by atoms with Crippen molar-refractivity contribution < 1.29 is 17.9 Å². The van der Waals surface area contributed by atoms with E-state index in [1.54, 1.807) is 19.1 Å². The second-order valence-corrected chi connectivity index (χ2v) is 9.96. The summed E-state index contributed by atoms with van der Waals surface area (Å²) >= 11 is 0. The molecule has 1 amide bonds. The van der Waals surface area contributed by atoms with E-state index in [1.165, 1.54) is 13.2 Å². The Balaban J connectivity index is 1.96. The van der Waals surface area contributed by atoms with Crippen molar-refractivity contribution in [3.8, 4) is 5.75 Å². The molecule has 3 rings (SSSR count). The zero-order valence-corrected chi connectivity index (χ0v) is 20.4. The van der Waals surface area contributed by atoms with Crippen LogP contribution in [-0.4, -0.2) is 27.5 Å². The van der Waals surface area contributed by atoms with Gasteiger partial charge < -0.3 is 10.1 Å². The van der Waals surface area contributed by atoms with Crippen molar-refractivity contribution in [2.45, 2.75) is 45.1 Å². The Kier molecular flexibility index (Phi) is 7.56. The first kappa shape index (κ1) is 24.5. The van der Waals surface area contributed by atoms with Crippen molar-refractivity contribution in [3.63, 3.8) is 0 Å². The van der Waals surface area contributed by atoms with Gasteiger partial charge in [0.05, 0.1) is 7.11 Å². The molecule has 0 spiro atoms. The Morgan fingerprint density at radius 3 is 2.15 bits per heavy atom. The molecule has 0 radical (unpaired) electrons. The first-order valence-electron chi connectivity index (χ1n) is 10.7. The van der Waals surface area contributed by atoms with E-state index in [2.05, 4.69) is 10.0 Å². The van der Waals surface area contributed by atoms with E-state index in [4.69, 9.17) is 4.74 Å². The average Bonchev–Trinajstić information content (AvgIpc) is 2.76. The number of carbonyl (C=O) groups excluding carboxylic acids is 1. The number of hydrogen-bond donors (Lipinski definition) is 2. The highest BCUT2D eigenvalue weighted by Crippen LogP contribution is 2.26. The number of rotatable bonds is 8. The molecule has 7 heteroatoms. The highest BCUT2D eigenvalue weighted by Gasteiger charge is 2.29. The maximum atomic E-state index is 13.4. The van der Waals surface area contributed by atoms with Gasteiger partial charge in [0.15, 0.2) is 0 Å². The van der Waals surface area contributed by atoms with Crippen LogP contribution in [0.4, 0.5) is 5.69 Å². The third kappa shape index (κ3) is 6.00. The summed E-state index contributed by atoms with van der Waals surface area (Å²) < 4.78 is 34.5. The largest absolute Gasteiger partial charge is 0.495 e. The first-order chi connectivity index (χ1) is 15.6. The van der Waals surface area contributed by atoms with Crippen LogP contribution in [0.5, 0.6) is 5.75 Å². The van der Waals surface area contributed by atoms with Crippen molar-refractivity contribution in [2.75, 3.05) is 12.4 Å². The number of nitrogens with one attached hydrogen (secondary N) is 2. The van der Waals surface area contributed by atoms with Gasteiger partial charge >= 0.3 is 0 Å². The van der Waals surface area contributed by atoms with Gasteiger partial charge in [-0.05, 0) is 68.5 Å². The Labute approximate surface area is 196 Å². The fourth-order valence-electron chi connectivity index (χ4n) is 3.87. The summed E-state index contributed by atoms with van der Waals surface area (Å²) in [5.41, 5.74) is 5.23. The zero-order valence-electron chi connectivity index (χ0n) is 19.6. The Hall–Kier alpha value is -3.16. The van der Waals surface area contributed by atoms with Gasteiger partial charge in [-0.2, -0.15) is 4.72 Å². The number of carbonyl (C=O) groups is 1. The van der Waals surface area contributed by atoms with E-state index in [0.717, 1.165) is 27.8 Å². The summed E-state index contributed by atoms with van der Waals surface area (Å²) in [6, 6.07) is 17.2. The van der Waals surface area contributed by atoms with Crippen LogP contribution in [-0.2, 0) is 21.2 Å². The molecule has 33 heavy (non-hydrogen) atoms. The van der Waals surface area contributed by atoms with Gasteiger partial charge in [-0.1, -0.05) is 54.1 Å². The molecule has 0 aromatic heterocycles. The smallest absolute Gasteiger partial charge is 0.245 e. The monoisotopic (exact) mass is 466 g/mol. The molecule has 174 valence electrons. The lowest BCUT2D eigenvalue weighted by Crippen LogP contribution is -2.45. The van der Waals surface area contributed by atoms with Crippen LogP contribution >= 0.6 is 0 Å². The van der Waals surface area contributed by atoms with Gasteiger partial charge in [0.25, 0.3) is 0 Å². The normalized spacial score (nSPS) is 12.3. The van der Waals surface area contributed by atoms with Crippen molar-refractivity contribution in [1.29, 1.82) is 0 Å². The van der Waals surface area contributed by atoms with Crippen LogP contribution in [0.3, 0.4) is 0 Å². The van der Waals surface area contributed by atoms with Crippen LogP contribution in [0.2, 0.25) is 0 Å². The van der Waals surface area contributed by atoms with E-state index >= 15 is 0 Å². The van der Waals surface area contributed by atoms with Crippen LogP contribution in [0.25, 0.3) is 0 Å². The summed E-state index contributed by atoms with van der Waals surface area (Å²) in [6.45, 7) is 7.63. The van der Waals surface area contributed by atoms with Crippen LogP contribution in [0.15, 0.2) is 65.6 Å². The predicted molar refractivity (Wildman–Crippen MR) is 131 cm³/mol. The average molecular weight is 467 g/mol. The van der Waals surface area contributed by atoms with Gasteiger partial charge in [0, 0.05) is 5.69 Å². The molecule has 3 aromatic rings. The minimum atomic E-state index is -4.04. The summed E-state index contributed by atoms with van der Waals surface area (Å²) in [4.78, 5) is 13.4. The van der Waals surface area contributed by atoms with Gasteiger partial charge in [-0.25, -0.2) is 8.42 Å². The molecular formula is C26H30N2O4S. The van der Waals surface area contributed by atoms with E-state index < -0.39 is 22.0 Å². The third-order valence-electron chi connectivity index (χ3n) is 5.43. The summed E-state index contributed by atoms with van der Waals surface area (Å²) in [6.07, 6.45) is 0.198. The number of amides is 1. The van der Waals surface area contributed by atoms with Gasteiger partial charge in [0.1, 0.15) is 16.7 Å². The molecule has 0 aliphatic carbocycles. The number of benzene rings is 3. The van der Waals surface area contributed by atoms with Crippen LogP contribution in [0, 0.1) is 27.7 Å². The lowest BCUT2D eigenvalue weighted by Gasteiger charge is -2.21. The predicted octanol–water partition coefficient (Wildman–Crippen LogP) is 4.46. The lowest BCUT2D eigenvalue weighted by atomic mass is 10.0. The second kappa shape index (κ2) is 10.2. The first-order valence-corrected chi connectivity index (χ1v) is 12.2. The van der Waals surface area contributed by atoms with Crippen LogP contribution in [0.1, 0.15) is 27.8 Å². The van der Waals surface area contributed by atoms with Gasteiger partial charge in [-0.15, -0.1) is 0 Å². The van der Waals surface area contributed by atoms with E-state index in [1.807, 2.05) is 63.2 Å². The number of methoxy groups -OCH3 is 1. The van der Waals surface area contributed by atoms with Crippen molar-refractivity contribution in [2.24, 2.45) is 0 Å². The lowest BCUT2D eigenvalue weighted by molar-refractivity contribution is -0.117. The molecule has 0 aliphatic heterocycles. The minimum Gasteiger partial charge on any atom is -0.495 e. The Bertz CT molecular complexity index is 1230. The molecule has 1 atom stereocenters. The molecule has 0 saturated carbocycles. The van der Waals surface area contributed by atoms with E-state index in [0.29, 0.717) is 5.69 Å². The second-order valence-electron chi connectivity index (χ2n) is 8.28. The standard InChI is InChI=1S/C26H30N2O4S/c1-17-11-12-23(32-5)24(15-17)33(30,31)28-22(16-21-9-7-6-8-10-21)26(29)27-25-19(3)13-18(2)14-20(25)4/h6-15,22,28H,16H2,1-5H3,(H,27,29). The molecular weight excluding hydrogens is 436 g/mol. The number of sulfonamides is 1. The fraction of sp³-hybridized carbons (Fsp3) is 0.269. The highest BCUT2D eigenvalue weighted by atomic mass is 32.2. The maximum absolute atomic E-state index is 13.4. The topological polar surface area (TPSA) is 84.5 Å². The number of aryl methyl sites for hydroxylation is 4. The molecule has 3 aromatic carbocycles. The van der Waals surface area contributed by atoms with Gasteiger partial charge in [0.2, 0.25) is 15.9 Å². The molecule has 0 heterocycles. The molecule has 2 N–H and O–H groups in total. The Morgan fingerprint density at radius 2 is 1.55 bits per heavy atom. The quantitative estimate of drug-likeness (QED) is 0.513. The third-order valence-corrected chi connectivity index (χ3v) is 6.92. The number of anilines is 1. The van der Waals surface area contributed by atoms with Crippen molar-refractivity contribution in [1.82, 2.24) is 4.72 Å². The SMILES string of the molecule is COc1ccc(C)cc1S(=O)(=O)NC(Cc1ccccc1)C(=O)Nc1c(C)cc(C)cc1C. The number of ether oxygens (including phenoxy) is 1. The number of hydrogen-bond acceptors (Lipinski definition) is 4. The fourth-order valence-corrected chi connectivity index (χ4v) is 5.32. The maximum Gasteiger partial charge on any atom is 0.245 e. The molecule has 0 saturated heterocycles. The molecule has 1 unspecified atom stereocenters. The van der Waals surface area contributed by atoms with E-state index in [9.17, 15) is 13.2 Å². The summed E-state index contributed by atoms with van der Waals surface area (Å²) in [5.74, 6) is -0.207. The summed E-state index contributed by atoms with van der Waals surface area (Å²) in [7, 11) is -2.63. The van der Waals surface area contributed by atoms with Crippen molar-refractivity contribution >= 4 is 21.6 Å². The zero-order chi connectivity index (χ0) is 24.2. The molecule has 0 fully saturated rings. The van der Waals surface area contributed by atoms with E-state index in [-0.39, 0.29) is 17.1 Å². The highest BCUT2D eigenvalue weighted by molar-refractivity contribution is 7.89.